The van der Waals surface area contributed by atoms with Gasteiger partial charge in [-0.15, -0.1) is 11.8 Å². The maximum atomic E-state index is 13.2. The molecule has 1 aliphatic heterocycles. The number of likely N-dealkylation sites (tertiary alicyclic amines) is 1. The Morgan fingerprint density at radius 1 is 0.754 bits per heavy atom. The zero-order valence-electron chi connectivity index (χ0n) is 33.7. The number of carbonyl (C=O) groups is 10. The van der Waals surface area contributed by atoms with E-state index in [0.29, 0.717) is 51.6 Å². The van der Waals surface area contributed by atoms with E-state index in [2.05, 4.69) is 37.2 Å². The number of hydrogen-bond acceptors (Lipinski definition) is 12. The van der Waals surface area contributed by atoms with Crippen LogP contribution in [-0.2, 0) is 47.9 Å². The molecule has 0 aliphatic carbocycles. The average Bonchev–Trinajstić information content (AvgIpc) is 3.42. The maximum Gasteiger partial charge on any atom is 0.245 e. The molecule has 11 N–H and O–H groups in total. The molecule has 0 aromatic heterocycles. The predicted molar refractivity (Wildman–Crippen MR) is 211 cm³/mol. The highest BCUT2D eigenvalue weighted by Crippen LogP contribution is 2.26. The van der Waals surface area contributed by atoms with E-state index < -0.39 is 70.8 Å². The van der Waals surface area contributed by atoms with Gasteiger partial charge in [-0.2, -0.15) is 0 Å². The molecule has 322 valence electrons. The zero-order valence-corrected chi connectivity index (χ0v) is 34.5. The second kappa shape index (κ2) is 27.0. The number of primary amides is 1. The molecule has 0 aromatic carbocycles. The van der Waals surface area contributed by atoms with Crippen molar-refractivity contribution in [2.45, 2.75) is 134 Å². The molecular weight excluding hydrogens is 765 g/mol. The Hall–Kier alpha value is -4.79. The Labute approximate surface area is 338 Å². The summed E-state index contributed by atoms with van der Waals surface area (Å²) in [4.78, 5) is 126. The number of thioether (sulfide) groups is 1. The minimum atomic E-state index is -1.24. The van der Waals surface area contributed by atoms with E-state index in [-0.39, 0.29) is 68.3 Å². The van der Waals surface area contributed by atoms with Crippen molar-refractivity contribution < 1.29 is 47.9 Å². The molecule has 1 aliphatic rings. The number of rotatable bonds is 28. The van der Waals surface area contributed by atoms with Crippen LogP contribution >= 0.6 is 11.8 Å². The fourth-order valence-corrected chi connectivity index (χ4v) is 6.65. The normalized spacial score (nSPS) is 16.3. The lowest BCUT2D eigenvalue weighted by molar-refractivity contribution is -0.139. The first-order valence-corrected chi connectivity index (χ1v) is 20.4. The van der Waals surface area contributed by atoms with Crippen molar-refractivity contribution in [1.29, 1.82) is 0 Å². The van der Waals surface area contributed by atoms with Gasteiger partial charge in [0.1, 0.15) is 24.2 Å². The van der Waals surface area contributed by atoms with E-state index in [1.807, 2.05) is 13.8 Å². The van der Waals surface area contributed by atoms with Crippen molar-refractivity contribution in [2.75, 3.05) is 31.9 Å². The van der Waals surface area contributed by atoms with Gasteiger partial charge >= 0.3 is 0 Å². The van der Waals surface area contributed by atoms with Crippen LogP contribution in [0.4, 0.5) is 0 Å². The molecule has 57 heavy (non-hydrogen) atoms. The van der Waals surface area contributed by atoms with Gasteiger partial charge in [-0.25, -0.2) is 0 Å². The monoisotopic (exact) mass is 826 g/mol. The summed E-state index contributed by atoms with van der Waals surface area (Å²) in [5.74, 6) is -5.71. The molecule has 0 saturated carbocycles. The first-order valence-electron chi connectivity index (χ1n) is 19.4. The molecule has 0 aromatic rings. The molecule has 1 rings (SSSR count). The van der Waals surface area contributed by atoms with Crippen LogP contribution in [0.2, 0.25) is 0 Å². The summed E-state index contributed by atoms with van der Waals surface area (Å²) in [6.45, 7) is 8.09. The van der Waals surface area contributed by atoms with Crippen molar-refractivity contribution in [3.63, 3.8) is 0 Å². The Morgan fingerprint density at radius 2 is 1.35 bits per heavy atom. The van der Waals surface area contributed by atoms with Crippen molar-refractivity contribution in [2.24, 2.45) is 11.5 Å². The van der Waals surface area contributed by atoms with Crippen LogP contribution in [0, 0.1) is 0 Å². The third kappa shape index (κ3) is 19.8. The fourth-order valence-electron chi connectivity index (χ4n) is 5.45. The minimum Gasteiger partial charge on any atom is -0.368 e. The van der Waals surface area contributed by atoms with Gasteiger partial charge in [0, 0.05) is 64.5 Å². The molecule has 0 radical (unpaired) electrons. The van der Waals surface area contributed by atoms with Crippen molar-refractivity contribution >= 4 is 70.8 Å². The summed E-state index contributed by atoms with van der Waals surface area (Å²) in [6.07, 6.45) is 2.99. The van der Waals surface area contributed by atoms with Crippen LogP contribution in [-0.4, -0.2) is 131 Å². The van der Waals surface area contributed by atoms with Crippen molar-refractivity contribution in [3.05, 3.63) is 0 Å². The molecule has 10 amide bonds. The molecule has 6 unspecified atom stereocenters. The van der Waals surface area contributed by atoms with Gasteiger partial charge in [0.25, 0.3) is 0 Å². The van der Waals surface area contributed by atoms with Crippen LogP contribution in [0.1, 0.15) is 98.8 Å². The summed E-state index contributed by atoms with van der Waals surface area (Å²) >= 11 is 0.935. The summed E-state index contributed by atoms with van der Waals surface area (Å²) in [6, 6.07) is -4.49. The van der Waals surface area contributed by atoms with Gasteiger partial charge in [-0.3, -0.25) is 52.8 Å². The third-order valence-corrected chi connectivity index (χ3v) is 10.2. The highest BCUT2D eigenvalue weighted by molar-refractivity contribution is 8.00. The van der Waals surface area contributed by atoms with Gasteiger partial charge < -0.3 is 48.7 Å². The molecule has 20 nitrogen and oxygen atoms in total. The number of amides is 10. The lowest BCUT2D eigenvalue weighted by atomic mass is 10.1. The number of nitrogens with zero attached hydrogens (tertiary/aromatic N) is 1. The van der Waals surface area contributed by atoms with Gasteiger partial charge in [0.2, 0.25) is 59.1 Å². The molecule has 0 bridgehead atoms. The highest BCUT2D eigenvalue weighted by Gasteiger charge is 2.40. The summed E-state index contributed by atoms with van der Waals surface area (Å²) < 4.78 is 0. The zero-order chi connectivity index (χ0) is 43.1. The smallest absolute Gasteiger partial charge is 0.245 e. The number of carbonyl (C=O) groups excluding carboxylic acids is 10. The summed E-state index contributed by atoms with van der Waals surface area (Å²) in [7, 11) is 0. The minimum absolute atomic E-state index is 0.117. The molecule has 1 fully saturated rings. The Morgan fingerprint density at radius 3 is 1.93 bits per heavy atom. The molecular formula is C36H62N10O10S. The number of imide groups is 1. The standard InChI is InChI=1S/C36H62N10O10S/c1-6-21(3)41-33(53)25(12-8-10-15-37)44-35(55)26(42-23(5)48)19-40-30(50)14-17-46-31(51)18-28(36(46)56)57-20-27(32(38)52)45-34(54)24(43-29(49)7-2)13-9-11-16-39-22(4)47/h21,24-28H,6-20,37H2,1-5H3,(H2,38,52)(H,39,47)(H,40,50)(H,41,53)(H,42,48)(H,43,49)(H,44,55)(H,45,54). The molecule has 0 spiro atoms. The molecule has 1 heterocycles. The first kappa shape index (κ1) is 50.2. The lowest BCUT2D eigenvalue weighted by Crippen LogP contribution is -2.57. The second-order valence-corrected chi connectivity index (χ2v) is 15.0. The number of unbranched alkanes of at least 4 members (excludes halogenated alkanes) is 2. The van der Waals surface area contributed by atoms with Crippen LogP contribution in [0.25, 0.3) is 0 Å². The van der Waals surface area contributed by atoms with E-state index in [1.54, 1.807) is 6.92 Å². The first-order chi connectivity index (χ1) is 26.9. The number of nitrogens with one attached hydrogen (secondary N) is 7. The Balaban J connectivity index is 2.80. The maximum absolute atomic E-state index is 13.2. The van der Waals surface area contributed by atoms with E-state index in [0.717, 1.165) is 16.7 Å². The van der Waals surface area contributed by atoms with E-state index >= 15 is 0 Å². The molecule has 21 heteroatoms. The molecule has 6 atom stereocenters. The quantitative estimate of drug-likeness (QED) is 0.0294. The van der Waals surface area contributed by atoms with E-state index in [4.69, 9.17) is 11.5 Å². The average molecular weight is 827 g/mol. The van der Waals surface area contributed by atoms with Crippen LogP contribution in [0.15, 0.2) is 0 Å². The van der Waals surface area contributed by atoms with Crippen molar-refractivity contribution in [3.8, 4) is 0 Å². The van der Waals surface area contributed by atoms with E-state index in [1.165, 1.54) is 13.8 Å². The second-order valence-electron chi connectivity index (χ2n) is 13.8. The number of hydrogen-bond donors (Lipinski definition) is 9. The SMILES string of the molecule is CCC(=O)NC(CCCCNC(C)=O)C(=O)NC(CSC1CC(=O)N(CCC(=O)NCC(NC(C)=O)C(=O)NC(CCCCN)C(=O)NC(C)CC)C1=O)C(N)=O. The Kier molecular flexibility index (Phi) is 23.8. The summed E-state index contributed by atoms with van der Waals surface area (Å²) in [5.41, 5.74) is 11.1. The van der Waals surface area contributed by atoms with Gasteiger partial charge in [-0.1, -0.05) is 13.8 Å². The van der Waals surface area contributed by atoms with Gasteiger partial charge in [-0.05, 0) is 58.4 Å². The summed E-state index contributed by atoms with van der Waals surface area (Å²) in [5, 5.41) is 17.3. The topological polar surface area (TPSA) is 310 Å². The fraction of sp³-hybridized carbons (Fsp3) is 0.722. The largest absolute Gasteiger partial charge is 0.368 e. The van der Waals surface area contributed by atoms with Crippen molar-refractivity contribution in [1.82, 2.24) is 42.1 Å². The van der Waals surface area contributed by atoms with Gasteiger partial charge in [0.05, 0.1) is 5.25 Å². The van der Waals surface area contributed by atoms with E-state index in [9.17, 15) is 47.9 Å². The van der Waals surface area contributed by atoms with Crippen LogP contribution < -0.4 is 48.7 Å². The third-order valence-electron chi connectivity index (χ3n) is 8.93. The predicted octanol–water partition coefficient (Wildman–Crippen LogP) is -2.44. The number of nitrogens with two attached hydrogens (primary N) is 2. The van der Waals surface area contributed by atoms with Crippen LogP contribution in [0.3, 0.4) is 0 Å². The van der Waals surface area contributed by atoms with Crippen LogP contribution in [0.5, 0.6) is 0 Å². The van der Waals surface area contributed by atoms with Gasteiger partial charge in [0.15, 0.2) is 0 Å². The highest BCUT2D eigenvalue weighted by atomic mass is 32.2. The lowest BCUT2D eigenvalue weighted by Gasteiger charge is -2.24. The molecule has 1 saturated heterocycles. The Bertz CT molecular complexity index is 1430.